The van der Waals surface area contributed by atoms with Crippen LogP contribution in [0.4, 0.5) is 0 Å². The number of H-pyrrole nitrogens is 1. The molecular formula is C29H34N4O4S. The number of pyridine rings is 1. The fraction of sp³-hybridized carbons (Fsp3) is 0.310. The van der Waals surface area contributed by atoms with Gasteiger partial charge < -0.3 is 14.9 Å². The number of carbonyl (C=O) groups excluding carboxylic acids is 1. The summed E-state index contributed by atoms with van der Waals surface area (Å²) in [7, 11) is 0. The molecule has 9 heteroatoms. The van der Waals surface area contributed by atoms with Crippen LogP contribution in [0.2, 0.25) is 0 Å². The minimum absolute atomic E-state index is 0.118. The van der Waals surface area contributed by atoms with Crippen LogP contribution in [0.1, 0.15) is 71.2 Å². The first-order chi connectivity index (χ1) is 18.0. The van der Waals surface area contributed by atoms with E-state index in [1.54, 1.807) is 0 Å². The van der Waals surface area contributed by atoms with Crippen LogP contribution in [0.5, 0.6) is 0 Å². The number of aryl methyl sites for hydroxylation is 3. The molecule has 2 aromatic heterocycles. The quantitative estimate of drug-likeness (QED) is 0.232. The van der Waals surface area contributed by atoms with Crippen LogP contribution in [0.3, 0.4) is 0 Å². The van der Waals surface area contributed by atoms with Crippen LogP contribution in [-0.2, 0) is 17.8 Å². The molecule has 0 bridgehead atoms. The average molecular weight is 535 g/mol. The molecule has 1 amide bonds. The van der Waals surface area contributed by atoms with E-state index in [-0.39, 0.29) is 30.1 Å². The Kier molecular flexibility index (Phi) is 8.01. The van der Waals surface area contributed by atoms with Gasteiger partial charge in [-0.05, 0) is 93.6 Å². The fourth-order valence-corrected chi connectivity index (χ4v) is 5.37. The molecule has 0 radical (unpaired) electrons. The Morgan fingerprint density at radius 2 is 1.79 bits per heavy atom. The SMILES string of the molecule is Cc1cc(C)c(CNC(=O)c2cc(-c3cccc(C(C)NS(=O)O)c3)cc3c2c(C)cn3C(C)C)c(=O)[nH]1. The van der Waals surface area contributed by atoms with E-state index in [2.05, 4.69) is 45.7 Å². The first-order valence-electron chi connectivity index (χ1n) is 12.6. The van der Waals surface area contributed by atoms with Crippen LogP contribution >= 0.6 is 0 Å². The number of aromatic nitrogens is 2. The predicted molar refractivity (Wildman–Crippen MR) is 153 cm³/mol. The molecule has 2 atom stereocenters. The van der Waals surface area contributed by atoms with Gasteiger partial charge in [0.25, 0.3) is 11.5 Å². The van der Waals surface area contributed by atoms with Crippen molar-refractivity contribution < 1.29 is 13.6 Å². The molecule has 38 heavy (non-hydrogen) atoms. The molecule has 2 unspecified atom stereocenters. The van der Waals surface area contributed by atoms with Gasteiger partial charge in [0, 0.05) is 52.5 Å². The topological polar surface area (TPSA) is 116 Å². The number of hydrogen-bond donors (Lipinski definition) is 4. The van der Waals surface area contributed by atoms with Crippen molar-refractivity contribution >= 4 is 28.1 Å². The van der Waals surface area contributed by atoms with Crippen LogP contribution in [0, 0.1) is 20.8 Å². The summed E-state index contributed by atoms with van der Waals surface area (Å²) in [4.78, 5) is 28.9. The number of fused-ring (bicyclic) bond motifs is 1. The van der Waals surface area contributed by atoms with Crippen molar-refractivity contribution in [3.63, 3.8) is 0 Å². The van der Waals surface area contributed by atoms with Gasteiger partial charge in [-0.3, -0.25) is 14.1 Å². The van der Waals surface area contributed by atoms with E-state index in [1.165, 1.54) is 0 Å². The number of rotatable bonds is 8. The molecule has 0 fully saturated rings. The zero-order valence-corrected chi connectivity index (χ0v) is 23.3. The number of hydrogen-bond acceptors (Lipinski definition) is 3. The number of nitrogens with one attached hydrogen (secondary N) is 3. The normalized spacial score (nSPS) is 13.2. The lowest BCUT2D eigenvalue weighted by Gasteiger charge is -2.15. The molecular weight excluding hydrogens is 500 g/mol. The Bertz CT molecular complexity index is 1600. The van der Waals surface area contributed by atoms with E-state index < -0.39 is 11.3 Å². The summed E-state index contributed by atoms with van der Waals surface area (Å²) in [6.45, 7) is 11.8. The van der Waals surface area contributed by atoms with Gasteiger partial charge in [0.2, 0.25) is 11.3 Å². The summed E-state index contributed by atoms with van der Waals surface area (Å²) in [6.07, 6.45) is 2.06. The van der Waals surface area contributed by atoms with E-state index in [0.717, 1.165) is 44.4 Å². The Morgan fingerprint density at radius 1 is 1.05 bits per heavy atom. The third-order valence-corrected chi connectivity index (χ3v) is 7.40. The standard InChI is InChI=1S/C29H34N4O4S/c1-16(2)33-15-18(4)27-24(28(34)30-14-25-17(3)10-19(5)31-29(25)35)12-23(13-26(27)33)22-9-7-8-21(11-22)20(6)32-38(36)37/h7-13,15-16,20,32H,14H2,1-6H3,(H,30,34)(H,31,35)(H,36,37). The average Bonchev–Trinajstić information content (AvgIpc) is 3.19. The highest BCUT2D eigenvalue weighted by Crippen LogP contribution is 2.33. The zero-order chi connectivity index (χ0) is 27.7. The van der Waals surface area contributed by atoms with E-state index in [9.17, 15) is 18.4 Å². The summed E-state index contributed by atoms with van der Waals surface area (Å²) in [5.41, 5.74) is 6.99. The minimum Gasteiger partial charge on any atom is -0.348 e. The first-order valence-corrected chi connectivity index (χ1v) is 13.7. The van der Waals surface area contributed by atoms with Crippen molar-refractivity contribution in [3.05, 3.63) is 92.5 Å². The molecule has 4 N–H and O–H groups in total. The number of benzene rings is 2. The Labute approximate surface area is 224 Å². The second-order valence-corrected chi connectivity index (χ2v) is 10.8. The highest BCUT2D eigenvalue weighted by Gasteiger charge is 2.20. The van der Waals surface area contributed by atoms with Crippen LogP contribution in [0.25, 0.3) is 22.0 Å². The number of nitrogens with zero attached hydrogens (tertiary/aromatic N) is 1. The lowest BCUT2D eigenvalue weighted by Crippen LogP contribution is -2.28. The molecule has 0 aliphatic rings. The first kappa shape index (κ1) is 27.5. The van der Waals surface area contributed by atoms with Crippen LogP contribution in [-0.4, -0.2) is 24.2 Å². The summed E-state index contributed by atoms with van der Waals surface area (Å²) < 4.78 is 25.3. The molecule has 0 spiro atoms. The van der Waals surface area contributed by atoms with Crippen LogP contribution < -0.4 is 15.6 Å². The van der Waals surface area contributed by atoms with Crippen molar-refractivity contribution in [2.24, 2.45) is 0 Å². The Balaban J connectivity index is 1.80. The number of aromatic amines is 1. The van der Waals surface area contributed by atoms with Gasteiger partial charge in [-0.15, -0.1) is 0 Å². The highest BCUT2D eigenvalue weighted by atomic mass is 32.2. The summed E-state index contributed by atoms with van der Waals surface area (Å²) in [5, 5.41) is 3.84. The Morgan fingerprint density at radius 3 is 2.45 bits per heavy atom. The summed E-state index contributed by atoms with van der Waals surface area (Å²) >= 11 is -2.14. The van der Waals surface area contributed by atoms with Gasteiger partial charge in [0.1, 0.15) is 0 Å². The molecule has 4 rings (SSSR count). The Hall–Kier alpha value is -3.53. The molecule has 2 aromatic carbocycles. The number of amides is 1. The van der Waals surface area contributed by atoms with Gasteiger partial charge in [-0.2, -0.15) is 0 Å². The lowest BCUT2D eigenvalue weighted by molar-refractivity contribution is 0.0952. The minimum atomic E-state index is -2.14. The maximum atomic E-state index is 13.6. The van der Waals surface area contributed by atoms with Gasteiger partial charge in [-0.25, -0.2) is 8.93 Å². The van der Waals surface area contributed by atoms with Crippen molar-refractivity contribution in [2.45, 2.75) is 60.2 Å². The predicted octanol–water partition coefficient (Wildman–Crippen LogP) is 5.22. The van der Waals surface area contributed by atoms with E-state index in [1.807, 2.05) is 64.1 Å². The monoisotopic (exact) mass is 534 g/mol. The van der Waals surface area contributed by atoms with E-state index in [0.29, 0.717) is 11.1 Å². The maximum absolute atomic E-state index is 13.6. The van der Waals surface area contributed by atoms with Gasteiger partial charge in [0.05, 0.1) is 0 Å². The van der Waals surface area contributed by atoms with Crippen LogP contribution in [0.15, 0.2) is 53.5 Å². The van der Waals surface area contributed by atoms with Gasteiger partial charge >= 0.3 is 0 Å². The van der Waals surface area contributed by atoms with E-state index in [4.69, 9.17) is 0 Å². The second kappa shape index (κ2) is 11.1. The molecule has 2 heterocycles. The van der Waals surface area contributed by atoms with Gasteiger partial charge in [-0.1, -0.05) is 18.2 Å². The molecule has 4 aromatic rings. The molecule has 0 aliphatic carbocycles. The molecule has 8 nitrogen and oxygen atoms in total. The van der Waals surface area contributed by atoms with Crippen molar-refractivity contribution in [3.8, 4) is 11.1 Å². The molecule has 200 valence electrons. The number of carbonyl (C=O) groups is 1. The highest BCUT2D eigenvalue weighted by molar-refractivity contribution is 7.77. The zero-order valence-electron chi connectivity index (χ0n) is 22.5. The van der Waals surface area contributed by atoms with Crippen molar-refractivity contribution in [1.29, 1.82) is 0 Å². The second-order valence-electron chi connectivity index (χ2n) is 10.1. The largest absolute Gasteiger partial charge is 0.348 e. The lowest BCUT2D eigenvalue weighted by atomic mass is 9.96. The smallest absolute Gasteiger partial charge is 0.253 e. The van der Waals surface area contributed by atoms with Crippen molar-refractivity contribution in [2.75, 3.05) is 0 Å². The summed E-state index contributed by atoms with van der Waals surface area (Å²) in [5.74, 6) is -0.261. The molecule has 0 aliphatic heterocycles. The molecule has 0 saturated heterocycles. The van der Waals surface area contributed by atoms with E-state index >= 15 is 0 Å². The fourth-order valence-electron chi connectivity index (χ4n) is 4.93. The maximum Gasteiger partial charge on any atom is 0.253 e. The van der Waals surface area contributed by atoms with Gasteiger partial charge in [0.15, 0.2) is 0 Å². The molecule has 0 saturated carbocycles. The summed E-state index contributed by atoms with van der Waals surface area (Å²) in [6, 6.07) is 13.4. The third-order valence-electron chi connectivity index (χ3n) is 6.84. The van der Waals surface area contributed by atoms with Crippen molar-refractivity contribution in [1.82, 2.24) is 19.6 Å². The third kappa shape index (κ3) is 5.65.